The van der Waals surface area contributed by atoms with Gasteiger partial charge in [0.1, 0.15) is 6.20 Å². The molecule has 0 spiro atoms. The van der Waals surface area contributed by atoms with Crippen molar-refractivity contribution in [3.05, 3.63) is 23.5 Å². The lowest BCUT2D eigenvalue weighted by molar-refractivity contribution is 0.469. The van der Waals surface area contributed by atoms with Crippen LogP contribution in [0.25, 0.3) is 0 Å². The molecule has 1 aliphatic heterocycles. The standard InChI is InChI=1S/C11H14F2N3/c1-2-8-9(7-15-11(13)10(8)12)16-5-3-14-4-6-16/h14H,2-6H2,1H3. The smallest absolute Gasteiger partial charge is 0.249 e. The van der Waals surface area contributed by atoms with E-state index in [0.717, 1.165) is 26.2 Å². The third kappa shape index (κ3) is 2.00. The minimum Gasteiger partial charge on any atom is -0.367 e. The van der Waals surface area contributed by atoms with E-state index in [1.165, 1.54) is 0 Å². The largest absolute Gasteiger partial charge is 0.367 e. The van der Waals surface area contributed by atoms with Crippen molar-refractivity contribution in [2.45, 2.75) is 13.3 Å². The van der Waals surface area contributed by atoms with Crippen LogP contribution in [0.5, 0.6) is 0 Å². The first kappa shape index (κ1) is 11.3. The van der Waals surface area contributed by atoms with Crippen LogP contribution in [0.3, 0.4) is 0 Å². The fraction of sp³-hybridized carbons (Fsp3) is 0.545. The van der Waals surface area contributed by atoms with Gasteiger partial charge in [0.05, 0.1) is 5.69 Å². The number of pyridine rings is 1. The predicted molar refractivity (Wildman–Crippen MR) is 57.4 cm³/mol. The number of halogens is 2. The van der Waals surface area contributed by atoms with Crippen LogP contribution in [0.15, 0.2) is 0 Å². The molecule has 1 saturated heterocycles. The number of hydrogen-bond donors (Lipinski definition) is 1. The molecule has 1 fully saturated rings. The molecule has 3 nitrogen and oxygen atoms in total. The molecule has 1 aromatic heterocycles. The highest BCUT2D eigenvalue weighted by atomic mass is 19.2. The molecule has 0 bridgehead atoms. The quantitative estimate of drug-likeness (QED) is 0.766. The molecule has 0 amide bonds. The van der Waals surface area contributed by atoms with Gasteiger partial charge in [0, 0.05) is 31.7 Å². The number of piperazine rings is 1. The lowest BCUT2D eigenvalue weighted by Crippen LogP contribution is -2.44. The molecule has 1 N–H and O–H groups in total. The summed E-state index contributed by atoms with van der Waals surface area (Å²) in [5, 5.41) is 3.20. The zero-order chi connectivity index (χ0) is 11.5. The minimum absolute atomic E-state index is 0.370. The topological polar surface area (TPSA) is 28.2 Å². The molecule has 1 radical (unpaired) electrons. The SMILES string of the molecule is CCc1c(N2CCNCC2)[c]nc(F)c1F. The van der Waals surface area contributed by atoms with Gasteiger partial charge in [-0.1, -0.05) is 6.92 Å². The monoisotopic (exact) mass is 226 g/mol. The van der Waals surface area contributed by atoms with Crippen molar-refractivity contribution in [3.8, 4) is 0 Å². The first-order chi connectivity index (χ1) is 7.74. The first-order valence-corrected chi connectivity index (χ1v) is 5.45. The Balaban J connectivity index is 2.35. The van der Waals surface area contributed by atoms with Crippen LogP contribution in [-0.4, -0.2) is 31.2 Å². The van der Waals surface area contributed by atoms with Gasteiger partial charge in [-0.05, 0) is 6.42 Å². The maximum Gasteiger partial charge on any atom is 0.249 e. The maximum atomic E-state index is 13.5. The number of aromatic nitrogens is 1. The molecular formula is C11H14F2N3. The predicted octanol–water partition coefficient (Wildman–Crippen LogP) is 1.13. The van der Waals surface area contributed by atoms with E-state index < -0.39 is 11.8 Å². The van der Waals surface area contributed by atoms with Crippen LogP contribution in [0.1, 0.15) is 12.5 Å². The Kier molecular flexibility index (Phi) is 3.33. The van der Waals surface area contributed by atoms with Crippen molar-refractivity contribution >= 4 is 5.69 Å². The van der Waals surface area contributed by atoms with Crippen molar-refractivity contribution in [2.24, 2.45) is 0 Å². The van der Waals surface area contributed by atoms with E-state index >= 15 is 0 Å². The Labute approximate surface area is 93.5 Å². The van der Waals surface area contributed by atoms with Crippen LogP contribution < -0.4 is 10.2 Å². The Morgan fingerprint density at radius 1 is 1.38 bits per heavy atom. The molecule has 1 aromatic rings. The summed E-state index contributed by atoms with van der Waals surface area (Å²) in [7, 11) is 0. The van der Waals surface area contributed by atoms with Crippen LogP contribution in [-0.2, 0) is 6.42 Å². The molecule has 0 aliphatic carbocycles. The van der Waals surface area contributed by atoms with Crippen LogP contribution >= 0.6 is 0 Å². The van der Waals surface area contributed by atoms with E-state index in [9.17, 15) is 8.78 Å². The molecule has 87 valence electrons. The Morgan fingerprint density at radius 2 is 2.06 bits per heavy atom. The highest BCUT2D eigenvalue weighted by Gasteiger charge is 2.19. The highest BCUT2D eigenvalue weighted by molar-refractivity contribution is 5.52. The molecular weight excluding hydrogens is 212 g/mol. The molecule has 2 heterocycles. The van der Waals surface area contributed by atoms with E-state index in [0.29, 0.717) is 17.7 Å². The summed E-state index contributed by atoms with van der Waals surface area (Å²) in [6, 6.07) is 0. The van der Waals surface area contributed by atoms with Gasteiger partial charge in [0.25, 0.3) is 0 Å². The van der Waals surface area contributed by atoms with Crippen molar-refractivity contribution < 1.29 is 8.78 Å². The van der Waals surface area contributed by atoms with Gasteiger partial charge in [-0.2, -0.15) is 4.39 Å². The molecule has 0 saturated carbocycles. The molecule has 16 heavy (non-hydrogen) atoms. The van der Waals surface area contributed by atoms with Gasteiger partial charge in [-0.25, -0.2) is 9.37 Å². The second kappa shape index (κ2) is 4.74. The fourth-order valence-corrected chi connectivity index (χ4v) is 1.92. The molecule has 1 aliphatic rings. The van der Waals surface area contributed by atoms with Crippen LogP contribution in [0, 0.1) is 18.0 Å². The maximum absolute atomic E-state index is 13.5. The van der Waals surface area contributed by atoms with Crippen molar-refractivity contribution in [1.82, 2.24) is 10.3 Å². The van der Waals surface area contributed by atoms with Crippen molar-refractivity contribution in [2.75, 3.05) is 31.1 Å². The summed E-state index contributed by atoms with van der Waals surface area (Å²) in [5.74, 6) is -1.90. The van der Waals surface area contributed by atoms with Crippen LogP contribution in [0.4, 0.5) is 14.5 Å². The van der Waals surface area contributed by atoms with Gasteiger partial charge in [-0.15, -0.1) is 0 Å². The molecule has 0 unspecified atom stereocenters. The van der Waals surface area contributed by atoms with E-state index in [1.54, 1.807) is 6.92 Å². The average Bonchev–Trinajstić information content (AvgIpc) is 2.33. The summed E-state index contributed by atoms with van der Waals surface area (Å²) in [4.78, 5) is 5.32. The third-order valence-electron chi connectivity index (χ3n) is 2.78. The second-order valence-electron chi connectivity index (χ2n) is 3.75. The van der Waals surface area contributed by atoms with Crippen molar-refractivity contribution in [3.63, 3.8) is 0 Å². The average molecular weight is 226 g/mol. The third-order valence-corrected chi connectivity index (χ3v) is 2.78. The Morgan fingerprint density at radius 3 is 2.69 bits per heavy atom. The second-order valence-corrected chi connectivity index (χ2v) is 3.75. The highest BCUT2D eigenvalue weighted by Crippen LogP contribution is 2.23. The molecule has 0 aromatic carbocycles. The number of nitrogens with zero attached hydrogens (tertiary/aromatic N) is 2. The van der Waals surface area contributed by atoms with Gasteiger partial charge in [0.15, 0.2) is 5.82 Å². The van der Waals surface area contributed by atoms with E-state index in [4.69, 9.17) is 0 Å². The lowest BCUT2D eigenvalue weighted by atomic mass is 10.1. The van der Waals surface area contributed by atoms with Gasteiger partial charge in [0.2, 0.25) is 5.95 Å². The van der Waals surface area contributed by atoms with Gasteiger partial charge in [-0.3, -0.25) is 0 Å². The number of anilines is 1. The summed E-state index contributed by atoms with van der Waals surface area (Å²) < 4.78 is 26.5. The fourth-order valence-electron chi connectivity index (χ4n) is 1.92. The first-order valence-electron chi connectivity index (χ1n) is 5.45. The Bertz CT molecular complexity index is 376. The minimum atomic E-state index is -1.06. The summed E-state index contributed by atoms with van der Waals surface area (Å²) in [6.07, 6.45) is 3.05. The normalized spacial score (nSPS) is 16.6. The zero-order valence-electron chi connectivity index (χ0n) is 9.19. The number of hydrogen-bond acceptors (Lipinski definition) is 3. The van der Waals surface area contributed by atoms with E-state index in [-0.39, 0.29) is 0 Å². The number of nitrogens with one attached hydrogen (secondary N) is 1. The van der Waals surface area contributed by atoms with E-state index in [1.807, 2.05) is 4.90 Å². The summed E-state index contributed by atoms with van der Waals surface area (Å²) in [5.41, 5.74) is 0.970. The summed E-state index contributed by atoms with van der Waals surface area (Å²) >= 11 is 0. The molecule has 5 heteroatoms. The zero-order valence-corrected chi connectivity index (χ0v) is 9.19. The Hall–Kier alpha value is -1.23. The molecule has 2 rings (SSSR count). The molecule has 0 atom stereocenters. The van der Waals surface area contributed by atoms with Gasteiger partial charge < -0.3 is 10.2 Å². The number of rotatable bonds is 2. The summed E-state index contributed by atoms with van der Waals surface area (Å²) in [6.45, 7) is 5.04. The lowest BCUT2D eigenvalue weighted by Gasteiger charge is -2.30. The van der Waals surface area contributed by atoms with Crippen molar-refractivity contribution in [1.29, 1.82) is 0 Å². The van der Waals surface area contributed by atoms with Gasteiger partial charge >= 0.3 is 0 Å². The van der Waals surface area contributed by atoms with E-state index in [2.05, 4.69) is 16.5 Å². The van der Waals surface area contributed by atoms with Crippen LogP contribution in [0.2, 0.25) is 0 Å².